The Kier molecular flexibility index (Phi) is 7.63. The van der Waals surface area contributed by atoms with Gasteiger partial charge in [0.1, 0.15) is 5.75 Å². The van der Waals surface area contributed by atoms with Crippen molar-refractivity contribution < 1.29 is 9.53 Å². The van der Waals surface area contributed by atoms with E-state index in [-0.39, 0.29) is 5.91 Å². The van der Waals surface area contributed by atoms with Gasteiger partial charge >= 0.3 is 0 Å². The first-order valence-electron chi connectivity index (χ1n) is 11.3. The number of hydrogen-bond acceptors (Lipinski definition) is 5. The van der Waals surface area contributed by atoms with Gasteiger partial charge in [0, 0.05) is 17.6 Å². The number of likely N-dealkylation sites (N-methyl/N-ethyl adjacent to an activating group) is 1. The molecule has 0 fully saturated rings. The van der Waals surface area contributed by atoms with Crippen molar-refractivity contribution in [1.29, 1.82) is 0 Å². The van der Waals surface area contributed by atoms with E-state index in [1.54, 1.807) is 0 Å². The monoisotopic (exact) mass is 525 g/mol. The van der Waals surface area contributed by atoms with Crippen molar-refractivity contribution in [2.45, 2.75) is 20.8 Å². The number of carbonyl (C=O) groups excluding carboxylic acids is 1. The quantitative estimate of drug-likeness (QED) is 0.247. The summed E-state index contributed by atoms with van der Waals surface area (Å²) in [5.74, 6) is 0.526. The number of halogens is 1. The predicted molar refractivity (Wildman–Crippen MR) is 142 cm³/mol. The van der Waals surface area contributed by atoms with Crippen LogP contribution in [-0.4, -0.2) is 48.6 Å². The third kappa shape index (κ3) is 5.05. The standard InChI is InChI=1S/C26H28BrN3O2S/c1-4-29(5-2)15-16-30(26-28-21-13-12-19(27)17-23(21)33-26)25(31)24-20-10-8-7-9-18(20)11-14-22(24)32-6-3/h7-14,17H,4-6,15-16H2,1-3H3. The maximum Gasteiger partial charge on any atom is 0.264 e. The third-order valence-electron chi connectivity index (χ3n) is 5.75. The zero-order valence-corrected chi connectivity index (χ0v) is 21.6. The van der Waals surface area contributed by atoms with E-state index in [9.17, 15) is 4.79 Å². The molecular formula is C26H28BrN3O2S. The lowest BCUT2D eigenvalue weighted by Gasteiger charge is -2.26. The first-order valence-corrected chi connectivity index (χ1v) is 12.9. The molecule has 0 N–H and O–H groups in total. The lowest BCUT2D eigenvalue weighted by molar-refractivity contribution is 0.0982. The van der Waals surface area contributed by atoms with Gasteiger partial charge in [-0.2, -0.15) is 0 Å². The van der Waals surface area contributed by atoms with Crippen molar-refractivity contribution in [2.24, 2.45) is 0 Å². The van der Waals surface area contributed by atoms with E-state index in [0.717, 1.165) is 45.1 Å². The normalized spacial score (nSPS) is 11.4. The van der Waals surface area contributed by atoms with Gasteiger partial charge in [0.2, 0.25) is 0 Å². The Bertz CT molecular complexity index is 1270. The molecule has 0 radical (unpaired) electrons. The summed E-state index contributed by atoms with van der Waals surface area (Å²) in [4.78, 5) is 23.1. The number of anilines is 1. The zero-order valence-electron chi connectivity index (χ0n) is 19.2. The summed E-state index contributed by atoms with van der Waals surface area (Å²) >= 11 is 5.08. The number of ether oxygens (including phenoxy) is 1. The van der Waals surface area contributed by atoms with Crippen LogP contribution in [0.15, 0.2) is 59.1 Å². The summed E-state index contributed by atoms with van der Waals surface area (Å²) in [5.41, 5.74) is 1.48. The van der Waals surface area contributed by atoms with Crippen molar-refractivity contribution in [2.75, 3.05) is 37.7 Å². The van der Waals surface area contributed by atoms with E-state index < -0.39 is 0 Å². The highest BCUT2D eigenvalue weighted by atomic mass is 79.9. The Labute approximate surface area is 207 Å². The van der Waals surface area contributed by atoms with E-state index in [2.05, 4.69) is 34.7 Å². The van der Waals surface area contributed by atoms with Crippen molar-refractivity contribution >= 4 is 59.3 Å². The molecule has 0 bridgehead atoms. The molecule has 0 aliphatic rings. The lowest BCUT2D eigenvalue weighted by Crippen LogP contribution is -2.39. The van der Waals surface area contributed by atoms with Crippen LogP contribution in [0.25, 0.3) is 21.0 Å². The maximum absolute atomic E-state index is 14.2. The fourth-order valence-corrected chi connectivity index (χ4v) is 5.49. The average molecular weight is 527 g/mol. The summed E-state index contributed by atoms with van der Waals surface area (Å²) in [6.45, 7) is 9.91. The minimum Gasteiger partial charge on any atom is -0.493 e. The molecule has 1 heterocycles. The number of carbonyl (C=O) groups is 1. The third-order valence-corrected chi connectivity index (χ3v) is 7.29. The Morgan fingerprint density at radius 1 is 1.03 bits per heavy atom. The van der Waals surface area contributed by atoms with E-state index in [1.807, 2.05) is 66.4 Å². The molecule has 7 heteroatoms. The van der Waals surface area contributed by atoms with E-state index in [1.165, 1.54) is 11.3 Å². The highest BCUT2D eigenvalue weighted by molar-refractivity contribution is 9.10. The molecule has 0 aliphatic carbocycles. The fraction of sp³-hybridized carbons (Fsp3) is 0.308. The number of thiazole rings is 1. The second-order valence-electron chi connectivity index (χ2n) is 7.69. The Hall–Kier alpha value is -2.48. The number of amides is 1. The minimum absolute atomic E-state index is 0.0828. The number of benzene rings is 3. The summed E-state index contributed by atoms with van der Waals surface area (Å²) < 4.78 is 7.96. The van der Waals surface area contributed by atoms with Gasteiger partial charge in [0.15, 0.2) is 5.13 Å². The summed E-state index contributed by atoms with van der Waals surface area (Å²) in [5, 5.41) is 2.61. The molecule has 1 amide bonds. The molecule has 4 aromatic rings. The highest BCUT2D eigenvalue weighted by Gasteiger charge is 2.26. The van der Waals surface area contributed by atoms with Crippen LogP contribution < -0.4 is 9.64 Å². The second kappa shape index (κ2) is 10.6. The van der Waals surface area contributed by atoms with Gasteiger partial charge in [-0.3, -0.25) is 9.69 Å². The van der Waals surface area contributed by atoms with Gasteiger partial charge in [0.05, 0.1) is 22.4 Å². The zero-order chi connectivity index (χ0) is 23.4. The Morgan fingerprint density at radius 2 is 1.82 bits per heavy atom. The summed E-state index contributed by atoms with van der Waals surface area (Å²) in [7, 11) is 0. The van der Waals surface area contributed by atoms with Gasteiger partial charge in [0.25, 0.3) is 5.91 Å². The van der Waals surface area contributed by atoms with E-state index in [0.29, 0.717) is 29.6 Å². The summed E-state index contributed by atoms with van der Waals surface area (Å²) in [6, 6.07) is 17.9. The number of fused-ring (bicyclic) bond motifs is 2. The van der Waals surface area contributed by atoms with Crippen LogP contribution in [0.2, 0.25) is 0 Å². The fourth-order valence-electron chi connectivity index (χ4n) is 3.95. The van der Waals surface area contributed by atoms with Crippen LogP contribution in [0.5, 0.6) is 5.75 Å². The molecule has 5 nitrogen and oxygen atoms in total. The first-order chi connectivity index (χ1) is 16.0. The van der Waals surface area contributed by atoms with Gasteiger partial charge < -0.3 is 9.64 Å². The SMILES string of the molecule is CCOc1ccc2ccccc2c1C(=O)N(CCN(CC)CC)c1nc2ccc(Br)cc2s1. The molecule has 1 aromatic heterocycles. The molecule has 0 spiro atoms. The summed E-state index contributed by atoms with van der Waals surface area (Å²) in [6.07, 6.45) is 0. The molecule has 0 saturated carbocycles. The molecule has 3 aromatic carbocycles. The van der Waals surface area contributed by atoms with E-state index >= 15 is 0 Å². The van der Waals surface area contributed by atoms with E-state index in [4.69, 9.17) is 9.72 Å². The van der Waals surface area contributed by atoms with Gasteiger partial charge in [-0.05, 0) is 55.1 Å². The lowest BCUT2D eigenvalue weighted by atomic mass is 10.0. The minimum atomic E-state index is -0.0828. The number of nitrogens with zero attached hydrogens (tertiary/aromatic N) is 3. The van der Waals surface area contributed by atoms with Crippen molar-refractivity contribution in [1.82, 2.24) is 9.88 Å². The molecule has 0 saturated heterocycles. The van der Waals surface area contributed by atoms with Crippen LogP contribution in [0.3, 0.4) is 0 Å². The van der Waals surface area contributed by atoms with Gasteiger partial charge in [-0.25, -0.2) is 4.98 Å². The van der Waals surface area contributed by atoms with Gasteiger partial charge in [-0.15, -0.1) is 0 Å². The number of hydrogen-bond donors (Lipinski definition) is 0. The molecule has 172 valence electrons. The second-order valence-corrected chi connectivity index (χ2v) is 9.61. The Morgan fingerprint density at radius 3 is 2.58 bits per heavy atom. The molecular weight excluding hydrogens is 498 g/mol. The molecule has 0 atom stereocenters. The molecule has 0 aliphatic heterocycles. The number of aromatic nitrogens is 1. The van der Waals surface area contributed by atoms with Crippen molar-refractivity contribution in [3.63, 3.8) is 0 Å². The molecule has 4 rings (SSSR count). The smallest absolute Gasteiger partial charge is 0.264 e. The average Bonchev–Trinajstić information content (AvgIpc) is 3.24. The van der Waals surface area contributed by atoms with Crippen molar-refractivity contribution in [3.05, 3.63) is 64.6 Å². The molecule has 0 unspecified atom stereocenters. The molecule has 33 heavy (non-hydrogen) atoms. The topological polar surface area (TPSA) is 45.7 Å². The first kappa shape index (κ1) is 23.7. The van der Waals surface area contributed by atoms with Crippen LogP contribution in [0.4, 0.5) is 5.13 Å². The van der Waals surface area contributed by atoms with Crippen molar-refractivity contribution in [3.8, 4) is 5.75 Å². The van der Waals surface area contributed by atoms with Crippen LogP contribution in [0.1, 0.15) is 31.1 Å². The van der Waals surface area contributed by atoms with Crippen LogP contribution >= 0.6 is 27.3 Å². The maximum atomic E-state index is 14.2. The Balaban J connectivity index is 1.82. The van der Waals surface area contributed by atoms with Crippen LogP contribution in [-0.2, 0) is 0 Å². The van der Waals surface area contributed by atoms with Gasteiger partial charge in [-0.1, -0.05) is 71.4 Å². The highest BCUT2D eigenvalue weighted by Crippen LogP contribution is 2.35. The number of rotatable bonds is 9. The largest absolute Gasteiger partial charge is 0.493 e. The van der Waals surface area contributed by atoms with Crippen LogP contribution in [0, 0.1) is 0 Å². The predicted octanol–water partition coefficient (Wildman–Crippen LogP) is 6.60.